The Kier molecular flexibility index (Phi) is 5.42. The third kappa shape index (κ3) is 3.92. The van der Waals surface area contributed by atoms with Crippen LogP contribution >= 0.6 is 22.9 Å². The second-order valence-corrected chi connectivity index (χ2v) is 6.01. The van der Waals surface area contributed by atoms with Crippen LogP contribution < -0.4 is 5.32 Å². The molecule has 0 unspecified atom stereocenters. The summed E-state index contributed by atoms with van der Waals surface area (Å²) in [6, 6.07) is 4.50. The molecular formula is C15H12ClFN4OS. The molecule has 0 aliphatic heterocycles. The van der Waals surface area contributed by atoms with Crippen LogP contribution in [0.1, 0.15) is 23.1 Å². The summed E-state index contributed by atoms with van der Waals surface area (Å²) in [4.78, 5) is 12.1. The van der Waals surface area contributed by atoms with E-state index in [-0.39, 0.29) is 21.3 Å². The molecule has 2 aromatic rings. The van der Waals surface area contributed by atoms with Gasteiger partial charge in [-0.05, 0) is 31.1 Å². The molecule has 0 aliphatic carbocycles. The van der Waals surface area contributed by atoms with Crippen molar-refractivity contribution in [3.8, 4) is 6.07 Å². The number of halogens is 2. The van der Waals surface area contributed by atoms with Crippen molar-refractivity contribution in [2.75, 3.05) is 5.32 Å². The van der Waals surface area contributed by atoms with E-state index in [0.717, 1.165) is 11.1 Å². The van der Waals surface area contributed by atoms with E-state index in [1.165, 1.54) is 23.5 Å². The van der Waals surface area contributed by atoms with Gasteiger partial charge in [0.1, 0.15) is 22.5 Å². The second kappa shape index (κ2) is 7.31. The summed E-state index contributed by atoms with van der Waals surface area (Å²) in [6.45, 7) is 3.62. The maximum Gasteiger partial charge on any atom is 0.268 e. The van der Waals surface area contributed by atoms with Crippen molar-refractivity contribution in [3.05, 3.63) is 44.7 Å². The minimum Gasteiger partial charge on any atom is -0.296 e. The predicted molar refractivity (Wildman–Crippen MR) is 87.7 cm³/mol. The van der Waals surface area contributed by atoms with Gasteiger partial charge in [0, 0.05) is 5.56 Å². The minimum atomic E-state index is -0.691. The first kappa shape index (κ1) is 17.1. The zero-order chi connectivity index (χ0) is 17.0. The highest BCUT2D eigenvalue weighted by molar-refractivity contribution is 7.15. The molecule has 0 spiro atoms. The second-order valence-electron chi connectivity index (χ2n) is 4.57. The lowest BCUT2D eigenvalue weighted by molar-refractivity contribution is -0.112. The number of aromatic nitrogens is 2. The Balaban J connectivity index is 2.30. The largest absolute Gasteiger partial charge is 0.296 e. The molecule has 1 aromatic heterocycles. The lowest BCUT2D eigenvalue weighted by Crippen LogP contribution is -2.13. The maximum atomic E-state index is 13.9. The number of rotatable bonds is 4. The number of carbonyl (C=O) groups excluding carboxylic acids is 1. The molecule has 0 saturated heterocycles. The van der Waals surface area contributed by atoms with Crippen LogP contribution in [0, 0.1) is 24.1 Å². The van der Waals surface area contributed by atoms with Crippen LogP contribution in [-0.4, -0.2) is 16.1 Å². The molecule has 118 valence electrons. The van der Waals surface area contributed by atoms with E-state index in [0.29, 0.717) is 12.0 Å². The average Bonchev–Trinajstić information content (AvgIpc) is 2.99. The Morgan fingerprint density at radius 3 is 2.87 bits per heavy atom. The Bertz CT molecular complexity index is 825. The van der Waals surface area contributed by atoms with Crippen molar-refractivity contribution in [2.45, 2.75) is 20.3 Å². The Hall–Kier alpha value is -2.30. The third-order valence-corrected chi connectivity index (χ3v) is 4.45. The summed E-state index contributed by atoms with van der Waals surface area (Å²) in [7, 11) is 0. The van der Waals surface area contributed by atoms with Gasteiger partial charge in [0.25, 0.3) is 5.91 Å². The van der Waals surface area contributed by atoms with Gasteiger partial charge in [-0.3, -0.25) is 10.1 Å². The smallest absolute Gasteiger partial charge is 0.268 e. The van der Waals surface area contributed by atoms with Crippen molar-refractivity contribution in [3.63, 3.8) is 0 Å². The molecular weight excluding hydrogens is 339 g/mol. The Morgan fingerprint density at radius 2 is 2.26 bits per heavy atom. The highest BCUT2D eigenvalue weighted by Gasteiger charge is 2.15. The van der Waals surface area contributed by atoms with Crippen molar-refractivity contribution >= 4 is 40.1 Å². The highest BCUT2D eigenvalue weighted by Crippen LogP contribution is 2.26. The quantitative estimate of drug-likeness (QED) is 0.672. The van der Waals surface area contributed by atoms with E-state index in [1.54, 1.807) is 13.0 Å². The number of hydrogen-bond donors (Lipinski definition) is 1. The molecule has 0 fully saturated rings. The lowest BCUT2D eigenvalue weighted by Gasteiger charge is -2.05. The van der Waals surface area contributed by atoms with Gasteiger partial charge in [-0.25, -0.2) is 4.39 Å². The van der Waals surface area contributed by atoms with E-state index in [4.69, 9.17) is 16.9 Å². The van der Waals surface area contributed by atoms with Crippen molar-refractivity contribution in [1.29, 1.82) is 5.26 Å². The fourth-order valence-electron chi connectivity index (χ4n) is 1.72. The molecule has 1 amide bonds. The molecule has 0 atom stereocenters. The first-order valence-electron chi connectivity index (χ1n) is 6.66. The van der Waals surface area contributed by atoms with Crippen LogP contribution in [0.3, 0.4) is 0 Å². The molecule has 1 N–H and O–H groups in total. The van der Waals surface area contributed by atoms with Gasteiger partial charge >= 0.3 is 0 Å². The summed E-state index contributed by atoms with van der Waals surface area (Å²) in [5, 5.41) is 20.5. The molecule has 23 heavy (non-hydrogen) atoms. The van der Waals surface area contributed by atoms with Gasteiger partial charge in [0.15, 0.2) is 0 Å². The number of aryl methyl sites for hydroxylation is 2. The number of carbonyl (C=O) groups is 1. The van der Waals surface area contributed by atoms with Crippen LogP contribution in [-0.2, 0) is 11.2 Å². The van der Waals surface area contributed by atoms with Crippen LogP contribution in [0.2, 0.25) is 5.02 Å². The summed E-state index contributed by atoms with van der Waals surface area (Å²) in [6.07, 6.45) is 1.82. The predicted octanol–water partition coefficient (Wildman–Crippen LogP) is 3.75. The number of amides is 1. The fourth-order valence-corrected chi connectivity index (χ4v) is 2.60. The van der Waals surface area contributed by atoms with Gasteiger partial charge in [0.05, 0.1) is 5.02 Å². The van der Waals surface area contributed by atoms with Gasteiger partial charge < -0.3 is 0 Å². The number of nitrogens with one attached hydrogen (secondary N) is 1. The molecule has 0 saturated carbocycles. The Morgan fingerprint density at radius 1 is 1.52 bits per heavy atom. The Labute approximate surface area is 141 Å². The van der Waals surface area contributed by atoms with E-state index >= 15 is 0 Å². The molecule has 1 heterocycles. The normalized spacial score (nSPS) is 11.2. The van der Waals surface area contributed by atoms with Crippen molar-refractivity contribution < 1.29 is 9.18 Å². The number of nitriles is 1. The number of nitrogens with zero attached hydrogens (tertiary/aromatic N) is 3. The lowest BCUT2D eigenvalue weighted by atomic mass is 10.1. The van der Waals surface area contributed by atoms with Gasteiger partial charge in [0.2, 0.25) is 5.13 Å². The average molecular weight is 351 g/mol. The summed E-state index contributed by atoms with van der Waals surface area (Å²) in [5.41, 5.74) is 0.378. The van der Waals surface area contributed by atoms with Crippen LogP contribution in [0.15, 0.2) is 17.7 Å². The summed E-state index contributed by atoms with van der Waals surface area (Å²) in [5.74, 6) is -1.30. The topological polar surface area (TPSA) is 78.7 Å². The minimum absolute atomic E-state index is 0.00452. The molecule has 0 aliphatic rings. The fraction of sp³-hybridized carbons (Fsp3) is 0.200. The summed E-state index contributed by atoms with van der Waals surface area (Å²) >= 11 is 7.25. The molecule has 0 bridgehead atoms. The summed E-state index contributed by atoms with van der Waals surface area (Å²) < 4.78 is 13.9. The highest BCUT2D eigenvalue weighted by atomic mass is 35.5. The monoisotopic (exact) mass is 350 g/mol. The zero-order valence-corrected chi connectivity index (χ0v) is 13.9. The van der Waals surface area contributed by atoms with Crippen molar-refractivity contribution in [2.24, 2.45) is 0 Å². The van der Waals surface area contributed by atoms with Crippen molar-refractivity contribution in [1.82, 2.24) is 10.2 Å². The van der Waals surface area contributed by atoms with Crippen LogP contribution in [0.5, 0.6) is 0 Å². The molecule has 0 radical (unpaired) electrons. The van der Waals surface area contributed by atoms with E-state index < -0.39 is 11.7 Å². The first-order chi connectivity index (χ1) is 11.0. The molecule has 2 rings (SSSR count). The maximum absolute atomic E-state index is 13.9. The van der Waals surface area contributed by atoms with E-state index in [2.05, 4.69) is 15.5 Å². The molecule has 5 nitrogen and oxygen atoms in total. The zero-order valence-electron chi connectivity index (χ0n) is 12.4. The molecule has 8 heteroatoms. The third-order valence-electron chi connectivity index (χ3n) is 2.96. The van der Waals surface area contributed by atoms with Crippen LogP contribution in [0.4, 0.5) is 9.52 Å². The number of benzene rings is 1. The standard InChI is InChI=1S/C15H12ClFN4OS/c1-3-12-20-21-15(23-12)19-14(22)9(7-18)6-10-11(17)5-4-8(2)13(10)16/h4-6H,3H2,1-2H3,(H,19,21,22). The van der Waals surface area contributed by atoms with Gasteiger partial charge in [-0.15, -0.1) is 10.2 Å². The first-order valence-corrected chi connectivity index (χ1v) is 7.85. The number of hydrogen-bond acceptors (Lipinski definition) is 5. The van der Waals surface area contributed by atoms with Gasteiger partial charge in [-0.1, -0.05) is 35.9 Å². The van der Waals surface area contributed by atoms with Gasteiger partial charge in [-0.2, -0.15) is 5.26 Å². The van der Waals surface area contributed by atoms with E-state index in [1.807, 2.05) is 6.92 Å². The molecule has 1 aromatic carbocycles. The SMILES string of the molecule is CCc1nnc(NC(=O)C(C#N)=Cc2c(F)ccc(C)c2Cl)s1. The number of anilines is 1. The van der Waals surface area contributed by atoms with E-state index in [9.17, 15) is 9.18 Å². The van der Waals surface area contributed by atoms with Crippen LogP contribution in [0.25, 0.3) is 6.08 Å².